The molecule has 2 aliphatic rings. The van der Waals surface area contributed by atoms with Crippen molar-refractivity contribution in [1.29, 1.82) is 0 Å². The van der Waals surface area contributed by atoms with Gasteiger partial charge < -0.3 is 10.6 Å². The number of amides is 2. The fourth-order valence-electron chi connectivity index (χ4n) is 2.43. The largest absolute Gasteiger partial charge is 0.359 e. The van der Waals surface area contributed by atoms with Gasteiger partial charge in [-0.3, -0.25) is 9.59 Å². The van der Waals surface area contributed by atoms with Crippen LogP contribution in [0.15, 0.2) is 12.2 Å². The van der Waals surface area contributed by atoms with Crippen LogP contribution in [0.2, 0.25) is 0 Å². The standard InChI is InChI=1S/C10H14N2O2/c1-11-9(13)7-5-3-4-6(5)8(7)10(14)12-2/h3-8H,1-2H3,(H,11,13)(H,12,14). The normalized spacial score (nSPS) is 37.6. The third-order valence-electron chi connectivity index (χ3n) is 3.31. The molecule has 0 aliphatic heterocycles. The maximum Gasteiger partial charge on any atom is 0.224 e. The van der Waals surface area contributed by atoms with Crippen molar-refractivity contribution in [3.8, 4) is 0 Å². The first-order valence-corrected chi connectivity index (χ1v) is 4.82. The summed E-state index contributed by atoms with van der Waals surface area (Å²) in [4.78, 5) is 23.0. The highest BCUT2D eigenvalue weighted by Gasteiger charge is 2.57. The summed E-state index contributed by atoms with van der Waals surface area (Å²) in [5.74, 6) is 0.216. The molecule has 4 nitrogen and oxygen atoms in total. The van der Waals surface area contributed by atoms with E-state index >= 15 is 0 Å². The van der Waals surface area contributed by atoms with Gasteiger partial charge >= 0.3 is 0 Å². The molecule has 2 amide bonds. The second-order valence-corrected chi connectivity index (χ2v) is 3.82. The number of nitrogens with one attached hydrogen (secondary N) is 2. The van der Waals surface area contributed by atoms with E-state index < -0.39 is 0 Å². The number of hydrogen-bond donors (Lipinski definition) is 2. The summed E-state index contributed by atoms with van der Waals surface area (Å²) >= 11 is 0. The predicted octanol–water partition coefficient (Wildman–Crippen LogP) is -0.473. The van der Waals surface area contributed by atoms with E-state index in [1.807, 2.05) is 12.2 Å². The van der Waals surface area contributed by atoms with E-state index in [0.717, 1.165) is 0 Å². The average Bonchev–Trinajstić information content (AvgIpc) is 2.18. The Morgan fingerprint density at radius 2 is 1.29 bits per heavy atom. The number of carbonyl (C=O) groups excluding carboxylic acids is 2. The Kier molecular flexibility index (Phi) is 2.06. The third kappa shape index (κ3) is 0.997. The minimum atomic E-state index is -0.157. The van der Waals surface area contributed by atoms with E-state index in [9.17, 15) is 9.59 Å². The van der Waals surface area contributed by atoms with Crippen LogP contribution < -0.4 is 10.6 Å². The molecule has 0 bridgehead atoms. The van der Waals surface area contributed by atoms with Gasteiger partial charge in [-0.15, -0.1) is 0 Å². The highest BCUT2D eigenvalue weighted by atomic mass is 16.2. The van der Waals surface area contributed by atoms with Crippen LogP contribution in [0, 0.1) is 23.7 Å². The van der Waals surface area contributed by atoms with E-state index in [2.05, 4.69) is 10.6 Å². The zero-order valence-corrected chi connectivity index (χ0v) is 8.28. The number of rotatable bonds is 2. The molecule has 0 radical (unpaired) electrons. The Balaban J connectivity index is 2.13. The predicted molar refractivity (Wildman–Crippen MR) is 51.2 cm³/mol. The lowest BCUT2D eigenvalue weighted by Crippen LogP contribution is -2.60. The lowest BCUT2D eigenvalue weighted by molar-refractivity contribution is -0.149. The second-order valence-electron chi connectivity index (χ2n) is 3.82. The summed E-state index contributed by atoms with van der Waals surface area (Å²) in [6.45, 7) is 0. The molecule has 4 unspecified atom stereocenters. The molecule has 1 fully saturated rings. The van der Waals surface area contributed by atoms with Crippen LogP contribution in [0.25, 0.3) is 0 Å². The molecule has 2 N–H and O–H groups in total. The molecule has 0 aromatic carbocycles. The lowest BCUT2D eigenvalue weighted by atomic mass is 9.51. The van der Waals surface area contributed by atoms with Crippen molar-refractivity contribution in [2.45, 2.75) is 0 Å². The van der Waals surface area contributed by atoms with Crippen molar-refractivity contribution in [2.75, 3.05) is 14.1 Å². The Morgan fingerprint density at radius 1 is 0.929 bits per heavy atom. The second kappa shape index (κ2) is 3.12. The number of hydrogen-bond acceptors (Lipinski definition) is 2. The van der Waals surface area contributed by atoms with Gasteiger partial charge in [0, 0.05) is 14.1 Å². The number of fused-ring (bicyclic) bond motifs is 1. The van der Waals surface area contributed by atoms with Gasteiger partial charge in [0.25, 0.3) is 0 Å². The maximum absolute atomic E-state index is 11.5. The van der Waals surface area contributed by atoms with Crippen LogP contribution >= 0.6 is 0 Å². The molecule has 0 heterocycles. The fourth-order valence-corrected chi connectivity index (χ4v) is 2.43. The van der Waals surface area contributed by atoms with Gasteiger partial charge in [0.2, 0.25) is 11.8 Å². The van der Waals surface area contributed by atoms with Crippen molar-refractivity contribution in [3.63, 3.8) is 0 Å². The molecule has 4 heteroatoms. The number of carbonyl (C=O) groups is 2. The molecular weight excluding hydrogens is 180 g/mol. The van der Waals surface area contributed by atoms with Gasteiger partial charge in [-0.2, -0.15) is 0 Å². The molecule has 1 saturated carbocycles. The topological polar surface area (TPSA) is 58.2 Å². The van der Waals surface area contributed by atoms with Crippen LogP contribution in [0.1, 0.15) is 0 Å². The smallest absolute Gasteiger partial charge is 0.224 e. The Bertz CT molecular complexity index is 281. The van der Waals surface area contributed by atoms with Crippen molar-refractivity contribution in [2.24, 2.45) is 23.7 Å². The quantitative estimate of drug-likeness (QED) is 0.584. The SMILES string of the molecule is CNC(=O)C1C2C=CC2C1C(=O)NC. The minimum Gasteiger partial charge on any atom is -0.359 e. The third-order valence-corrected chi connectivity index (χ3v) is 3.31. The van der Waals surface area contributed by atoms with Gasteiger partial charge in [0.05, 0.1) is 11.8 Å². The zero-order chi connectivity index (χ0) is 10.3. The first kappa shape index (κ1) is 9.24. The fraction of sp³-hybridized carbons (Fsp3) is 0.600. The first-order chi connectivity index (χ1) is 6.70. The molecule has 4 atom stereocenters. The minimum absolute atomic E-state index is 0.0239. The molecule has 2 aliphatic carbocycles. The molecule has 76 valence electrons. The summed E-state index contributed by atoms with van der Waals surface area (Å²) in [5.41, 5.74) is 0. The van der Waals surface area contributed by atoms with Crippen LogP contribution in [0.5, 0.6) is 0 Å². The van der Waals surface area contributed by atoms with E-state index in [-0.39, 0.29) is 35.5 Å². The zero-order valence-electron chi connectivity index (χ0n) is 8.28. The van der Waals surface area contributed by atoms with Crippen LogP contribution in [-0.4, -0.2) is 25.9 Å². The summed E-state index contributed by atoms with van der Waals surface area (Å²) in [7, 11) is 3.22. The Hall–Kier alpha value is -1.32. The van der Waals surface area contributed by atoms with Gasteiger partial charge in [-0.1, -0.05) is 12.2 Å². The average molecular weight is 194 g/mol. The van der Waals surface area contributed by atoms with Crippen LogP contribution in [0.3, 0.4) is 0 Å². The maximum atomic E-state index is 11.5. The summed E-state index contributed by atoms with van der Waals surface area (Å²) < 4.78 is 0. The van der Waals surface area contributed by atoms with Crippen LogP contribution in [-0.2, 0) is 9.59 Å². The van der Waals surface area contributed by atoms with Gasteiger partial charge in [-0.05, 0) is 11.8 Å². The highest BCUT2D eigenvalue weighted by Crippen LogP contribution is 2.53. The number of allylic oxidation sites excluding steroid dienone is 2. The van der Waals surface area contributed by atoms with Crippen LogP contribution in [0.4, 0.5) is 0 Å². The van der Waals surface area contributed by atoms with E-state index in [0.29, 0.717) is 0 Å². The van der Waals surface area contributed by atoms with Gasteiger partial charge in [0.15, 0.2) is 0 Å². The first-order valence-electron chi connectivity index (χ1n) is 4.82. The molecule has 0 aromatic heterocycles. The van der Waals surface area contributed by atoms with E-state index in [1.165, 1.54) is 0 Å². The van der Waals surface area contributed by atoms with Crippen molar-refractivity contribution in [3.05, 3.63) is 12.2 Å². The Labute approximate surface area is 82.7 Å². The summed E-state index contributed by atoms with van der Waals surface area (Å²) in [6.07, 6.45) is 4.04. The van der Waals surface area contributed by atoms with Gasteiger partial charge in [-0.25, -0.2) is 0 Å². The summed E-state index contributed by atoms with van der Waals surface area (Å²) in [5, 5.41) is 5.22. The van der Waals surface area contributed by atoms with Gasteiger partial charge in [0.1, 0.15) is 0 Å². The Morgan fingerprint density at radius 3 is 1.50 bits per heavy atom. The monoisotopic (exact) mass is 194 g/mol. The van der Waals surface area contributed by atoms with E-state index in [1.54, 1.807) is 14.1 Å². The van der Waals surface area contributed by atoms with Crippen molar-refractivity contribution < 1.29 is 9.59 Å². The highest BCUT2D eigenvalue weighted by molar-refractivity contribution is 5.91. The van der Waals surface area contributed by atoms with Crippen molar-refractivity contribution >= 4 is 11.8 Å². The lowest BCUT2D eigenvalue weighted by Gasteiger charge is -2.52. The molecule has 0 spiro atoms. The molecular formula is C10H14N2O2. The molecule has 14 heavy (non-hydrogen) atoms. The summed E-state index contributed by atoms with van der Waals surface area (Å²) in [6, 6.07) is 0. The van der Waals surface area contributed by atoms with Crippen molar-refractivity contribution in [1.82, 2.24) is 10.6 Å². The van der Waals surface area contributed by atoms with E-state index in [4.69, 9.17) is 0 Å². The molecule has 0 saturated heterocycles. The molecule has 2 rings (SSSR count). The molecule has 0 aromatic rings.